The molecule has 0 saturated heterocycles. The fourth-order valence-corrected chi connectivity index (χ4v) is 0.500. The van der Waals surface area contributed by atoms with Crippen LogP contribution in [-0.4, -0.2) is 11.9 Å². The Hall–Kier alpha value is 0.635. The molecule has 6 heavy (non-hydrogen) atoms. The molecule has 0 bridgehead atoms. The second-order valence-corrected chi connectivity index (χ2v) is 1.75. The van der Waals surface area contributed by atoms with Gasteiger partial charge in [-0.15, -0.1) is 0 Å². The third-order valence-corrected chi connectivity index (χ3v) is 0.991. The summed E-state index contributed by atoms with van der Waals surface area (Å²) in [5.41, 5.74) is 0. The van der Waals surface area contributed by atoms with Gasteiger partial charge in [-0.05, 0) is 0 Å². The zero-order chi connectivity index (χ0) is 4.83. The minimum absolute atomic E-state index is 0.840. The van der Waals surface area contributed by atoms with Gasteiger partial charge in [0.15, 0.2) is 0 Å². The van der Waals surface area contributed by atoms with Gasteiger partial charge in [-0.25, -0.2) is 0 Å². The van der Waals surface area contributed by atoms with Gasteiger partial charge in [0.05, 0.1) is 0 Å². The molecule has 0 unspecified atom stereocenters. The summed E-state index contributed by atoms with van der Waals surface area (Å²) in [6.45, 7) is 0. The van der Waals surface area contributed by atoms with Crippen molar-refractivity contribution in [3.8, 4) is 0 Å². The molecule has 0 radical (unpaired) electrons. The molecular formula is C3H6BS2-. The summed E-state index contributed by atoms with van der Waals surface area (Å²) in [5, 5.41) is 0. The van der Waals surface area contributed by atoms with Crippen LogP contribution < -0.4 is 0 Å². The zero-order valence-corrected chi connectivity index (χ0v) is 5.15. The van der Waals surface area contributed by atoms with Gasteiger partial charge < -0.3 is 0 Å². The van der Waals surface area contributed by atoms with Crippen molar-refractivity contribution in [2.45, 2.75) is 12.7 Å². The topological polar surface area (TPSA) is 0 Å². The van der Waals surface area contributed by atoms with E-state index in [1.165, 1.54) is 0 Å². The molecule has 0 amide bonds. The normalized spacial score (nSPS) is 7.50. The van der Waals surface area contributed by atoms with Crippen molar-refractivity contribution in [1.82, 2.24) is 0 Å². The van der Waals surface area contributed by atoms with E-state index in [4.69, 9.17) is 0 Å². The fraction of sp³-hybridized carbons (Fsp3) is 1.00. The van der Waals surface area contributed by atoms with E-state index < -0.39 is 0 Å². The van der Waals surface area contributed by atoms with Crippen molar-refractivity contribution in [3.05, 3.63) is 0 Å². The molecule has 0 nitrogen and oxygen atoms in total. The summed E-state index contributed by atoms with van der Waals surface area (Å²) in [7, 11) is 0. The summed E-state index contributed by atoms with van der Waals surface area (Å²) in [5.74, 6) is 0.840. The second-order valence-electron chi connectivity index (χ2n) is 1.01. The Morgan fingerprint density at radius 3 is 2.50 bits per heavy atom. The van der Waals surface area contributed by atoms with Crippen LogP contribution >= 0.6 is 12.1 Å². The van der Waals surface area contributed by atoms with E-state index in [0.29, 0.717) is 0 Å². The van der Waals surface area contributed by atoms with E-state index in [0.717, 1.165) is 18.5 Å². The molecule has 0 fully saturated rings. The van der Waals surface area contributed by atoms with Crippen molar-refractivity contribution in [2.24, 2.45) is 0 Å². The molecule has 0 atom stereocenters. The van der Waals surface area contributed by atoms with Crippen LogP contribution in [0.5, 0.6) is 0 Å². The van der Waals surface area contributed by atoms with Gasteiger partial charge in [0.2, 0.25) is 0 Å². The molecule has 0 aliphatic rings. The maximum atomic E-state index is 4.65. The van der Waals surface area contributed by atoms with E-state index in [2.05, 4.69) is 24.7 Å². The summed E-state index contributed by atoms with van der Waals surface area (Å²) < 4.78 is 0. The van der Waals surface area contributed by atoms with Crippen molar-refractivity contribution < 1.29 is 0 Å². The first-order valence-corrected chi connectivity index (χ1v) is 2.98. The van der Waals surface area contributed by atoms with E-state index in [1.54, 1.807) is 6.15 Å². The van der Waals surface area contributed by atoms with Gasteiger partial charge in [0.1, 0.15) is 0 Å². The summed E-state index contributed by atoms with van der Waals surface area (Å²) in [6.07, 6.45) is 3.80. The molecule has 3 heteroatoms. The molecule has 0 aromatic rings. The second kappa shape index (κ2) is 5.63. The van der Waals surface area contributed by atoms with Crippen LogP contribution in [-0.2, 0) is 12.6 Å². The molecule has 34 valence electrons. The van der Waals surface area contributed by atoms with Gasteiger partial charge in [0.25, 0.3) is 0 Å². The summed E-state index contributed by atoms with van der Waals surface area (Å²) >= 11 is 9.20. The fourth-order valence-electron chi connectivity index (χ4n) is 0.167. The summed E-state index contributed by atoms with van der Waals surface area (Å²) in [4.78, 5) is 0. The molecular weight excluding hydrogens is 111 g/mol. The van der Waals surface area contributed by atoms with Crippen molar-refractivity contribution in [2.75, 3.05) is 5.75 Å². The first-order chi connectivity index (χ1) is 2.91. The summed E-state index contributed by atoms with van der Waals surface area (Å²) in [6, 6.07) is 0. The Labute approximate surface area is 49.8 Å². The Bertz CT molecular complexity index is 37.8. The van der Waals surface area contributed by atoms with Gasteiger partial charge in [-0.3, -0.25) is 0 Å². The average molecular weight is 117 g/mol. The van der Waals surface area contributed by atoms with Crippen LogP contribution in [0.3, 0.4) is 0 Å². The third kappa shape index (κ3) is 4.63. The zero-order valence-electron chi connectivity index (χ0n) is 3.52. The van der Waals surface area contributed by atoms with Crippen LogP contribution in [0.1, 0.15) is 6.42 Å². The average Bonchev–Trinajstić information content (AvgIpc) is 1.61. The number of hydrogen-bond donors (Lipinski definition) is 0. The number of hydrogen-bond acceptors (Lipinski definition) is 2. The van der Waals surface area contributed by atoms with Gasteiger partial charge in [0, 0.05) is 0 Å². The van der Waals surface area contributed by atoms with Gasteiger partial charge >= 0.3 is 49.3 Å². The Morgan fingerprint density at radius 1 is 1.67 bits per heavy atom. The van der Waals surface area contributed by atoms with Crippen molar-refractivity contribution in [3.63, 3.8) is 0 Å². The molecule has 0 aliphatic carbocycles. The first kappa shape index (κ1) is 6.63. The molecule has 0 saturated carbocycles. The van der Waals surface area contributed by atoms with E-state index in [9.17, 15) is 0 Å². The molecule has 0 spiro atoms. The van der Waals surface area contributed by atoms with Crippen molar-refractivity contribution in [1.29, 1.82) is 0 Å². The monoisotopic (exact) mass is 117 g/mol. The van der Waals surface area contributed by atoms with Crippen LogP contribution in [0.4, 0.5) is 0 Å². The van der Waals surface area contributed by atoms with Crippen LogP contribution in [0.25, 0.3) is 0 Å². The van der Waals surface area contributed by atoms with E-state index in [-0.39, 0.29) is 0 Å². The maximum absolute atomic E-state index is 4.65. The van der Waals surface area contributed by atoms with E-state index in [1.807, 2.05) is 0 Å². The van der Waals surface area contributed by atoms with E-state index >= 15 is 0 Å². The Balaban J connectivity index is 2.49. The Kier molecular flexibility index (Phi) is 6.23. The first-order valence-electron chi connectivity index (χ1n) is 1.93. The van der Waals surface area contributed by atoms with Gasteiger partial charge in [-0.2, -0.15) is 0 Å². The van der Waals surface area contributed by atoms with Crippen LogP contribution in [0.2, 0.25) is 6.32 Å². The number of rotatable bonds is 3. The Morgan fingerprint density at radius 2 is 2.33 bits per heavy atom. The quantitative estimate of drug-likeness (QED) is 0.309. The predicted molar refractivity (Wildman–Crippen MR) is 35.0 cm³/mol. The molecule has 0 heterocycles. The minimum atomic E-state index is 0.840. The molecule has 0 N–H and O–H groups in total. The van der Waals surface area contributed by atoms with Crippen LogP contribution in [0, 0.1) is 0 Å². The molecule has 0 aromatic heterocycles. The SMILES string of the molecule is S=BCCC[S-]. The molecule has 0 aromatic carbocycles. The van der Waals surface area contributed by atoms with Crippen molar-refractivity contribution >= 4 is 30.8 Å². The van der Waals surface area contributed by atoms with Crippen LogP contribution in [0.15, 0.2) is 0 Å². The molecule has 0 aliphatic heterocycles. The molecule has 0 rings (SSSR count). The third-order valence-electron chi connectivity index (χ3n) is 0.466. The van der Waals surface area contributed by atoms with Gasteiger partial charge in [-0.1, -0.05) is 0 Å². The predicted octanol–water partition coefficient (Wildman–Crippen LogP) is 1.16. The standard InChI is InChI=1S/C3H7BS2/c5-3-1-2-4-6/h5H,1-3H2/p-1.